The van der Waals surface area contributed by atoms with Crippen molar-refractivity contribution in [2.45, 2.75) is 26.4 Å². The van der Waals surface area contributed by atoms with Gasteiger partial charge >= 0.3 is 0 Å². The van der Waals surface area contributed by atoms with Gasteiger partial charge in [0.25, 0.3) is 5.91 Å². The van der Waals surface area contributed by atoms with Gasteiger partial charge in [-0.15, -0.1) is 11.3 Å². The van der Waals surface area contributed by atoms with Crippen LogP contribution in [0.25, 0.3) is 0 Å². The van der Waals surface area contributed by atoms with Crippen LogP contribution in [0.3, 0.4) is 0 Å². The molecule has 0 saturated heterocycles. The molecule has 3 aromatic rings. The lowest BCUT2D eigenvalue weighted by molar-refractivity contribution is -0.133. The Bertz CT molecular complexity index is 1010. The Kier molecular flexibility index (Phi) is 8.52. The van der Waals surface area contributed by atoms with Crippen LogP contribution in [0.2, 0.25) is 10.0 Å². The molecule has 7 heteroatoms. The SMILES string of the molecule is CCCN(CC(=O)N(Cc1ccccc1)Cc1cccs1)C(=O)c1ccc(Cl)c(Cl)c1. The van der Waals surface area contributed by atoms with Crippen molar-refractivity contribution in [1.82, 2.24) is 9.80 Å². The van der Waals surface area contributed by atoms with Crippen LogP contribution in [-0.4, -0.2) is 34.7 Å². The first-order chi connectivity index (χ1) is 15.0. The molecule has 0 aliphatic carbocycles. The van der Waals surface area contributed by atoms with Crippen molar-refractivity contribution in [3.63, 3.8) is 0 Å². The third-order valence-corrected chi connectivity index (χ3v) is 6.37. The fourth-order valence-electron chi connectivity index (χ4n) is 3.22. The van der Waals surface area contributed by atoms with Crippen molar-refractivity contribution in [2.75, 3.05) is 13.1 Å². The lowest BCUT2D eigenvalue weighted by Gasteiger charge is -2.27. The second kappa shape index (κ2) is 11.3. The van der Waals surface area contributed by atoms with Crippen LogP contribution < -0.4 is 0 Å². The zero-order valence-electron chi connectivity index (χ0n) is 17.3. The number of carbonyl (C=O) groups is 2. The Hall–Kier alpha value is -2.34. The molecule has 0 radical (unpaired) electrons. The van der Waals surface area contributed by atoms with E-state index < -0.39 is 0 Å². The fraction of sp³-hybridized carbons (Fsp3) is 0.250. The lowest BCUT2D eigenvalue weighted by atomic mass is 10.2. The van der Waals surface area contributed by atoms with Crippen LogP contribution in [0.4, 0.5) is 0 Å². The topological polar surface area (TPSA) is 40.6 Å². The van der Waals surface area contributed by atoms with Gasteiger partial charge in [-0.05, 0) is 41.6 Å². The summed E-state index contributed by atoms with van der Waals surface area (Å²) in [5, 5.41) is 2.71. The summed E-state index contributed by atoms with van der Waals surface area (Å²) in [6.45, 7) is 3.45. The molecule has 0 saturated carbocycles. The Labute approximate surface area is 197 Å². The number of hydrogen-bond acceptors (Lipinski definition) is 3. The van der Waals surface area contributed by atoms with E-state index >= 15 is 0 Å². The zero-order chi connectivity index (χ0) is 22.2. The van der Waals surface area contributed by atoms with Gasteiger partial charge in [0.15, 0.2) is 0 Å². The van der Waals surface area contributed by atoms with E-state index in [2.05, 4.69) is 0 Å². The van der Waals surface area contributed by atoms with Crippen molar-refractivity contribution in [1.29, 1.82) is 0 Å². The van der Waals surface area contributed by atoms with Crippen LogP contribution in [0.1, 0.15) is 34.1 Å². The fourth-order valence-corrected chi connectivity index (χ4v) is 4.24. The van der Waals surface area contributed by atoms with Crippen molar-refractivity contribution >= 4 is 46.4 Å². The number of rotatable bonds is 9. The number of thiophene rings is 1. The molecule has 4 nitrogen and oxygen atoms in total. The van der Waals surface area contributed by atoms with E-state index in [1.165, 1.54) is 0 Å². The molecule has 31 heavy (non-hydrogen) atoms. The average Bonchev–Trinajstić information content (AvgIpc) is 3.28. The Morgan fingerprint density at radius 2 is 1.68 bits per heavy atom. The van der Waals surface area contributed by atoms with E-state index in [1.54, 1.807) is 39.3 Å². The minimum absolute atomic E-state index is 0.00509. The summed E-state index contributed by atoms with van der Waals surface area (Å²) < 4.78 is 0. The highest BCUT2D eigenvalue weighted by Gasteiger charge is 2.23. The van der Waals surface area contributed by atoms with Crippen LogP contribution in [0, 0.1) is 0 Å². The molecule has 0 N–H and O–H groups in total. The maximum Gasteiger partial charge on any atom is 0.254 e. The Balaban J connectivity index is 1.78. The molecule has 0 aliphatic rings. The summed E-state index contributed by atoms with van der Waals surface area (Å²) in [6, 6.07) is 18.6. The number of benzene rings is 2. The number of hydrogen-bond donors (Lipinski definition) is 0. The van der Waals surface area contributed by atoms with E-state index in [-0.39, 0.29) is 18.4 Å². The van der Waals surface area contributed by atoms with Gasteiger partial charge in [0.1, 0.15) is 6.54 Å². The highest BCUT2D eigenvalue weighted by molar-refractivity contribution is 7.09. The maximum absolute atomic E-state index is 13.3. The third-order valence-electron chi connectivity index (χ3n) is 4.77. The highest BCUT2D eigenvalue weighted by atomic mass is 35.5. The van der Waals surface area contributed by atoms with Gasteiger partial charge in [0.05, 0.1) is 16.6 Å². The van der Waals surface area contributed by atoms with E-state index in [0.717, 1.165) is 16.9 Å². The number of carbonyl (C=O) groups excluding carboxylic acids is 2. The summed E-state index contributed by atoms with van der Waals surface area (Å²) in [7, 11) is 0. The molecule has 0 bridgehead atoms. The van der Waals surface area contributed by atoms with Gasteiger partial charge in [-0.25, -0.2) is 0 Å². The maximum atomic E-state index is 13.3. The first kappa shape index (κ1) is 23.3. The predicted octanol–water partition coefficient (Wildman–Crippen LogP) is 6.14. The molecule has 1 aromatic heterocycles. The van der Waals surface area contributed by atoms with Crippen molar-refractivity contribution in [3.05, 3.63) is 92.1 Å². The van der Waals surface area contributed by atoms with Gasteiger partial charge in [-0.1, -0.05) is 66.5 Å². The standard InChI is InChI=1S/C24H24Cl2N2O2S/c1-2-12-27(24(30)19-10-11-21(25)22(26)14-19)17-23(29)28(16-20-9-6-13-31-20)15-18-7-4-3-5-8-18/h3-11,13-14H,2,12,15-17H2,1H3. The second-order valence-corrected chi connectivity index (χ2v) is 9.02. The summed E-state index contributed by atoms with van der Waals surface area (Å²) in [4.78, 5) is 30.9. The van der Waals surface area contributed by atoms with E-state index in [9.17, 15) is 9.59 Å². The smallest absolute Gasteiger partial charge is 0.254 e. The van der Waals surface area contributed by atoms with Gasteiger partial charge in [-0.2, -0.15) is 0 Å². The minimum Gasteiger partial charge on any atom is -0.332 e. The van der Waals surface area contributed by atoms with E-state index in [4.69, 9.17) is 23.2 Å². The molecule has 3 rings (SSSR count). The number of nitrogens with zero attached hydrogens (tertiary/aromatic N) is 2. The Morgan fingerprint density at radius 1 is 0.903 bits per heavy atom. The summed E-state index contributed by atoms with van der Waals surface area (Å²) in [5.41, 5.74) is 1.47. The predicted molar refractivity (Wildman–Crippen MR) is 128 cm³/mol. The lowest BCUT2D eigenvalue weighted by Crippen LogP contribution is -2.42. The summed E-state index contributed by atoms with van der Waals surface area (Å²) in [5.74, 6) is -0.330. The van der Waals surface area contributed by atoms with Crippen LogP contribution in [0.5, 0.6) is 0 Å². The Morgan fingerprint density at radius 3 is 2.32 bits per heavy atom. The monoisotopic (exact) mass is 474 g/mol. The average molecular weight is 475 g/mol. The molecule has 0 fully saturated rings. The van der Waals surface area contributed by atoms with E-state index in [0.29, 0.717) is 35.2 Å². The summed E-state index contributed by atoms with van der Waals surface area (Å²) >= 11 is 13.7. The molecular weight excluding hydrogens is 451 g/mol. The first-order valence-electron chi connectivity index (χ1n) is 10.1. The van der Waals surface area contributed by atoms with Crippen LogP contribution >= 0.6 is 34.5 Å². The number of halogens is 2. The van der Waals surface area contributed by atoms with Crippen molar-refractivity contribution in [3.8, 4) is 0 Å². The summed E-state index contributed by atoms with van der Waals surface area (Å²) in [6.07, 6.45) is 0.740. The molecule has 0 aliphatic heterocycles. The van der Waals surface area contributed by atoms with Gasteiger partial charge < -0.3 is 9.80 Å². The van der Waals surface area contributed by atoms with E-state index in [1.807, 2.05) is 54.8 Å². The molecule has 2 amide bonds. The van der Waals surface area contributed by atoms with Crippen molar-refractivity contribution in [2.24, 2.45) is 0 Å². The normalized spacial score (nSPS) is 10.7. The first-order valence-corrected chi connectivity index (χ1v) is 11.7. The molecule has 0 unspecified atom stereocenters. The molecule has 0 atom stereocenters. The zero-order valence-corrected chi connectivity index (χ0v) is 19.6. The van der Waals surface area contributed by atoms with Crippen molar-refractivity contribution < 1.29 is 9.59 Å². The van der Waals surface area contributed by atoms with Crippen LogP contribution in [-0.2, 0) is 17.9 Å². The third kappa shape index (κ3) is 6.57. The van der Waals surface area contributed by atoms with Crippen LogP contribution in [0.15, 0.2) is 66.0 Å². The quantitative estimate of drug-likeness (QED) is 0.373. The number of amides is 2. The second-order valence-electron chi connectivity index (χ2n) is 7.17. The molecule has 0 spiro atoms. The largest absolute Gasteiger partial charge is 0.332 e. The van der Waals surface area contributed by atoms with Gasteiger partial charge in [0.2, 0.25) is 5.91 Å². The van der Waals surface area contributed by atoms with Gasteiger partial charge in [0, 0.05) is 23.5 Å². The minimum atomic E-state index is -0.232. The van der Waals surface area contributed by atoms with Gasteiger partial charge in [-0.3, -0.25) is 9.59 Å². The molecular formula is C24H24Cl2N2O2S. The molecule has 162 valence electrons. The molecule has 2 aromatic carbocycles. The molecule has 1 heterocycles. The highest BCUT2D eigenvalue weighted by Crippen LogP contribution is 2.23.